The third kappa shape index (κ3) is 4.14. The van der Waals surface area contributed by atoms with Crippen LogP contribution >= 0.6 is 0 Å². The molecule has 132 valence electrons. The van der Waals surface area contributed by atoms with Crippen molar-refractivity contribution in [3.05, 3.63) is 0 Å². The van der Waals surface area contributed by atoms with Crippen molar-refractivity contribution in [2.24, 2.45) is 17.6 Å². The van der Waals surface area contributed by atoms with Crippen molar-refractivity contribution in [2.45, 2.75) is 82.6 Å². The van der Waals surface area contributed by atoms with Crippen molar-refractivity contribution in [2.75, 3.05) is 0 Å². The lowest BCUT2D eigenvalue weighted by Crippen LogP contribution is -2.72. The van der Waals surface area contributed by atoms with Gasteiger partial charge in [0.2, 0.25) is 0 Å². The highest BCUT2D eigenvalue weighted by molar-refractivity contribution is 5.74. The molecule has 2 saturated carbocycles. The second-order valence-electron chi connectivity index (χ2n) is 7.46. The Morgan fingerprint density at radius 2 is 1.83 bits per heavy atom. The molecule has 2 aliphatic carbocycles. The first-order valence-electron chi connectivity index (χ1n) is 9.01. The van der Waals surface area contributed by atoms with Gasteiger partial charge >= 0.3 is 6.03 Å². The molecule has 3 fully saturated rings. The number of hydrogen-bond acceptors (Lipinski definition) is 4. The molecule has 6 nitrogen and oxygen atoms in total. The Hall–Kier alpha value is -0.920. The van der Waals surface area contributed by atoms with Gasteiger partial charge in [0.05, 0.1) is 6.17 Å². The zero-order valence-electron chi connectivity index (χ0n) is 13.9. The number of carbonyl (C=O) groups is 1. The smallest absolute Gasteiger partial charge is 0.317 e. The number of alkyl halides is 1. The number of urea groups is 1. The van der Waals surface area contributed by atoms with E-state index < -0.39 is 24.7 Å². The fourth-order valence-corrected chi connectivity index (χ4v) is 4.44. The summed E-state index contributed by atoms with van der Waals surface area (Å²) in [5.74, 6) is 1.64. The fraction of sp³-hybridized carbons (Fsp3) is 0.938. The van der Waals surface area contributed by atoms with Gasteiger partial charge in [0.15, 0.2) is 0 Å². The first-order valence-corrected chi connectivity index (χ1v) is 9.01. The minimum atomic E-state index is -1.17. The second kappa shape index (κ2) is 7.32. The predicted octanol–water partition coefficient (Wildman–Crippen LogP) is 1.13. The van der Waals surface area contributed by atoms with E-state index in [0.717, 1.165) is 24.7 Å². The van der Waals surface area contributed by atoms with Crippen LogP contribution in [-0.2, 0) is 0 Å². The van der Waals surface area contributed by atoms with Gasteiger partial charge < -0.3 is 16.4 Å². The van der Waals surface area contributed by atoms with E-state index in [2.05, 4.69) is 21.3 Å². The van der Waals surface area contributed by atoms with Crippen LogP contribution < -0.4 is 27.0 Å². The van der Waals surface area contributed by atoms with Crippen LogP contribution in [0, 0.1) is 11.8 Å². The summed E-state index contributed by atoms with van der Waals surface area (Å²) in [6, 6.07) is -0.363. The van der Waals surface area contributed by atoms with Crippen molar-refractivity contribution in [3.8, 4) is 0 Å². The normalized spacial score (nSPS) is 44.2. The largest absolute Gasteiger partial charge is 0.335 e. The maximum atomic E-state index is 13.6. The Bertz CT molecular complexity index is 411. The second-order valence-corrected chi connectivity index (χ2v) is 7.46. The summed E-state index contributed by atoms with van der Waals surface area (Å²) in [5, 5.41) is 11.7. The van der Waals surface area contributed by atoms with Gasteiger partial charge in [-0.3, -0.25) is 10.6 Å². The van der Waals surface area contributed by atoms with Crippen LogP contribution in [0.5, 0.6) is 0 Å². The first-order chi connectivity index (χ1) is 11.0. The molecule has 0 aromatic carbocycles. The summed E-state index contributed by atoms with van der Waals surface area (Å²) in [5.41, 5.74) is 5.69. The van der Waals surface area contributed by atoms with E-state index in [9.17, 15) is 9.18 Å². The quantitative estimate of drug-likeness (QED) is 0.526. The summed E-state index contributed by atoms with van der Waals surface area (Å²) < 4.78 is 13.6. The molecule has 6 N–H and O–H groups in total. The van der Waals surface area contributed by atoms with E-state index in [1.807, 2.05) is 0 Å². The molecular formula is C16H30FN5O. The Balaban J connectivity index is 1.44. The number of fused-ring (bicyclic) bond motifs is 1. The first kappa shape index (κ1) is 16.9. The third-order valence-corrected chi connectivity index (χ3v) is 5.76. The van der Waals surface area contributed by atoms with E-state index in [-0.39, 0.29) is 12.1 Å². The Morgan fingerprint density at radius 3 is 2.57 bits per heavy atom. The minimum absolute atomic E-state index is 0.217. The lowest BCUT2D eigenvalue weighted by molar-refractivity contribution is 0.111. The predicted molar refractivity (Wildman–Crippen MR) is 87.1 cm³/mol. The lowest BCUT2D eigenvalue weighted by Gasteiger charge is -2.40. The highest BCUT2D eigenvalue weighted by Gasteiger charge is 2.35. The van der Waals surface area contributed by atoms with Crippen LogP contribution in [-0.4, -0.2) is 36.7 Å². The maximum absolute atomic E-state index is 13.6. The van der Waals surface area contributed by atoms with Gasteiger partial charge in [-0.25, -0.2) is 9.18 Å². The summed E-state index contributed by atoms with van der Waals surface area (Å²) in [7, 11) is 0. The van der Waals surface area contributed by atoms with Crippen LogP contribution in [0.3, 0.4) is 0 Å². The van der Waals surface area contributed by atoms with Crippen molar-refractivity contribution in [1.82, 2.24) is 21.3 Å². The lowest BCUT2D eigenvalue weighted by atomic mass is 9.69. The summed E-state index contributed by atoms with van der Waals surface area (Å²) in [6.07, 6.45) is 6.29. The Labute approximate surface area is 137 Å². The molecule has 0 aromatic rings. The van der Waals surface area contributed by atoms with Crippen LogP contribution in [0.15, 0.2) is 0 Å². The third-order valence-electron chi connectivity index (χ3n) is 5.76. The molecule has 23 heavy (non-hydrogen) atoms. The molecule has 3 rings (SSSR count). The van der Waals surface area contributed by atoms with Gasteiger partial charge in [-0.1, -0.05) is 25.7 Å². The molecule has 1 aliphatic heterocycles. The number of carbonyl (C=O) groups excluding carboxylic acids is 1. The standard InChI is InChI=1S/C16H30FN5O/c1-9-13(17)14(18)21-15(19-9)22-16(23)20-12-7-6-10-4-2-3-5-11(10)8-12/h9-15,19,21H,2-8,18H2,1H3,(H2,20,22,23). The van der Waals surface area contributed by atoms with Crippen molar-refractivity contribution in [1.29, 1.82) is 0 Å². The number of halogens is 1. The molecule has 1 heterocycles. The molecular weight excluding hydrogens is 297 g/mol. The summed E-state index contributed by atoms with van der Waals surface area (Å²) >= 11 is 0. The monoisotopic (exact) mass is 327 g/mol. The molecule has 7 heteroatoms. The molecule has 0 spiro atoms. The van der Waals surface area contributed by atoms with Gasteiger partial charge in [0, 0.05) is 12.1 Å². The zero-order valence-corrected chi connectivity index (χ0v) is 13.9. The molecule has 0 radical (unpaired) electrons. The highest BCUT2D eigenvalue weighted by atomic mass is 19.1. The van der Waals surface area contributed by atoms with Crippen molar-refractivity contribution < 1.29 is 9.18 Å². The van der Waals surface area contributed by atoms with E-state index in [4.69, 9.17) is 5.73 Å². The van der Waals surface area contributed by atoms with Gasteiger partial charge in [0.25, 0.3) is 0 Å². The molecule has 0 aromatic heterocycles. The van der Waals surface area contributed by atoms with Gasteiger partial charge in [-0.2, -0.15) is 0 Å². The highest BCUT2D eigenvalue weighted by Crippen LogP contribution is 2.40. The summed E-state index contributed by atoms with van der Waals surface area (Å²) in [6.45, 7) is 1.72. The van der Waals surface area contributed by atoms with Gasteiger partial charge in [-0.15, -0.1) is 0 Å². The van der Waals surface area contributed by atoms with E-state index in [0.29, 0.717) is 0 Å². The number of hydrogen-bond donors (Lipinski definition) is 5. The average Bonchev–Trinajstić information content (AvgIpc) is 2.52. The Kier molecular flexibility index (Phi) is 5.38. The van der Waals surface area contributed by atoms with E-state index in [1.165, 1.54) is 32.1 Å². The van der Waals surface area contributed by atoms with E-state index in [1.54, 1.807) is 6.92 Å². The van der Waals surface area contributed by atoms with Gasteiger partial charge in [-0.05, 0) is 38.0 Å². The Morgan fingerprint density at radius 1 is 1.09 bits per heavy atom. The number of rotatable bonds is 2. The van der Waals surface area contributed by atoms with Crippen LogP contribution in [0.25, 0.3) is 0 Å². The van der Waals surface area contributed by atoms with E-state index >= 15 is 0 Å². The number of nitrogens with two attached hydrogens (primary N) is 1. The topological polar surface area (TPSA) is 91.2 Å². The molecule has 1 saturated heterocycles. The number of nitrogens with one attached hydrogen (secondary N) is 4. The minimum Gasteiger partial charge on any atom is -0.335 e. The van der Waals surface area contributed by atoms with Gasteiger partial charge in [0.1, 0.15) is 12.5 Å². The molecule has 7 atom stereocenters. The maximum Gasteiger partial charge on any atom is 0.317 e. The average molecular weight is 327 g/mol. The number of amides is 2. The molecule has 2 amide bonds. The summed E-state index contributed by atoms with van der Waals surface area (Å²) in [4.78, 5) is 12.2. The molecule has 3 aliphatic rings. The van der Waals surface area contributed by atoms with Crippen LogP contribution in [0.4, 0.5) is 9.18 Å². The fourth-order valence-electron chi connectivity index (χ4n) is 4.44. The van der Waals surface area contributed by atoms with Crippen molar-refractivity contribution in [3.63, 3.8) is 0 Å². The SMILES string of the molecule is CC1NC(NC(=O)NC2CCC3CCCCC3C2)NC(N)C1F. The molecule has 7 unspecified atom stereocenters. The van der Waals surface area contributed by atoms with Crippen LogP contribution in [0.1, 0.15) is 51.9 Å². The zero-order chi connectivity index (χ0) is 16.4. The molecule has 0 bridgehead atoms. The van der Waals surface area contributed by atoms with Crippen molar-refractivity contribution >= 4 is 6.03 Å². The van der Waals surface area contributed by atoms with Crippen LogP contribution in [0.2, 0.25) is 0 Å².